The Morgan fingerprint density at radius 2 is 1.84 bits per heavy atom. The second kappa shape index (κ2) is 7.65. The van der Waals surface area contributed by atoms with Crippen LogP contribution in [0.1, 0.15) is 17.3 Å². The van der Waals surface area contributed by atoms with Gasteiger partial charge in [-0.25, -0.2) is 9.78 Å². The Balaban J connectivity index is 2.09. The number of nitrogens with one attached hydrogen (secondary N) is 1. The van der Waals surface area contributed by atoms with Gasteiger partial charge in [0.1, 0.15) is 11.3 Å². The first-order valence-electron chi connectivity index (χ1n) is 6.99. The predicted octanol–water partition coefficient (Wildman–Crippen LogP) is 3.20. The van der Waals surface area contributed by atoms with Gasteiger partial charge in [0.05, 0.1) is 0 Å². The molecule has 0 bridgehead atoms. The Hall–Kier alpha value is -3.10. The van der Waals surface area contributed by atoms with Gasteiger partial charge in [0.15, 0.2) is 6.61 Å². The van der Waals surface area contributed by atoms with Gasteiger partial charge >= 0.3 is 12.1 Å². The van der Waals surface area contributed by atoms with Gasteiger partial charge in [-0.1, -0.05) is 0 Å². The summed E-state index contributed by atoms with van der Waals surface area (Å²) >= 11 is 0. The molecule has 2 aromatic rings. The summed E-state index contributed by atoms with van der Waals surface area (Å²) in [7, 11) is 0. The number of nitrogens with zero attached hydrogens (tertiary/aromatic N) is 1. The maximum absolute atomic E-state index is 12.3. The summed E-state index contributed by atoms with van der Waals surface area (Å²) in [6.07, 6.45) is -3.36. The van der Waals surface area contributed by atoms with E-state index in [2.05, 4.69) is 15.0 Å². The number of hydrogen-bond donors (Lipinski definition) is 1. The topological polar surface area (TPSA) is 77.5 Å². The zero-order valence-corrected chi connectivity index (χ0v) is 13.0. The van der Waals surface area contributed by atoms with Crippen LogP contribution in [0.2, 0.25) is 0 Å². The summed E-state index contributed by atoms with van der Waals surface area (Å²) in [5.41, 5.74) is 0.264. The van der Waals surface area contributed by atoms with Crippen LogP contribution < -0.4 is 14.8 Å². The summed E-state index contributed by atoms with van der Waals surface area (Å²) in [6.45, 7) is -0.228. The first-order valence-corrected chi connectivity index (χ1v) is 6.99. The van der Waals surface area contributed by atoms with Crippen molar-refractivity contribution in [3.05, 3.63) is 48.2 Å². The van der Waals surface area contributed by atoms with E-state index in [1.165, 1.54) is 49.5 Å². The molecule has 0 radical (unpaired) electrons. The fourth-order valence-electron chi connectivity index (χ4n) is 1.78. The lowest BCUT2D eigenvalue weighted by molar-refractivity contribution is -0.154. The van der Waals surface area contributed by atoms with E-state index in [-0.39, 0.29) is 17.2 Å². The van der Waals surface area contributed by atoms with E-state index in [0.29, 0.717) is 5.69 Å². The standard InChI is InChI=1S/C16H13F3N2O4/c1-10(22)21-11-4-6-12(7-5-11)25-15(23)13-3-2-8-20-14(13)24-9-16(17,18)19/h2-8H,9H2,1H3,(H,21,22). The molecule has 1 amide bonds. The molecule has 0 aliphatic rings. The third-order valence-corrected chi connectivity index (χ3v) is 2.75. The van der Waals surface area contributed by atoms with E-state index in [0.717, 1.165) is 0 Å². The monoisotopic (exact) mass is 354 g/mol. The van der Waals surface area contributed by atoms with Crippen molar-refractivity contribution in [3.63, 3.8) is 0 Å². The van der Waals surface area contributed by atoms with Crippen LogP contribution in [0.5, 0.6) is 11.6 Å². The lowest BCUT2D eigenvalue weighted by Crippen LogP contribution is -2.21. The molecule has 1 aromatic heterocycles. The molecule has 0 spiro atoms. The second-order valence-corrected chi connectivity index (χ2v) is 4.86. The predicted molar refractivity (Wildman–Crippen MR) is 81.5 cm³/mol. The van der Waals surface area contributed by atoms with E-state index in [1.54, 1.807) is 0 Å². The van der Waals surface area contributed by atoms with Gasteiger partial charge in [0.25, 0.3) is 0 Å². The van der Waals surface area contributed by atoms with E-state index >= 15 is 0 Å². The van der Waals surface area contributed by atoms with Crippen LogP contribution in [0.15, 0.2) is 42.6 Å². The number of halogens is 3. The van der Waals surface area contributed by atoms with E-state index in [9.17, 15) is 22.8 Å². The molecule has 0 aliphatic carbocycles. The number of esters is 1. The molecule has 0 saturated carbocycles. The summed E-state index contributed by atoms with van der Waals surface area (Å²) in [6, 6.07) is 8.48. The molecule has 6 nitrogen and oxygen atoms in total. The van der Waals surface area contributed by atoms with Crippen LogP contribution in [0.25, 0.3) is 0 Å². The molecule has 25 heavy (non-hydrogen) atoms. The Morgan fingerprint density at radius 3 is 2.44 bits per heavy atom. The van der Waals surface area contributed by atoms with E-state index in [4.69, 9.17) is 4.74 Å². The number of hydrogen-bond acceptors (Lipinski definition) is 5. The zero-order valence-electron chi connectivity index (χ0n) is 13.0. The number of amides is 1. The van der Waals surface area contributed by atoms with Gasteiger partial charge in [0, 0.05) is 18.8 Å². The average molecular weight is 354 g/mol. The minimum Gasteiger partial charge on any atom is -0.467 e. The highest BCUT2D eigenvalue weighted by molar-refractivity contribution is 5.93. The maximum atomic E-state index is 12.3. The number of carbonyl (C=O) groups is 2. The molecule has 0 saturated heterocycles. The normalized spacial score (nSPS) is 10.9. The highest BCUT2D eigenvalue weighted by Crippen LogP contribution is 2.22. The summed E-state index contributed by atoms with van der Waals surface area (Å²) in [5.74, 6) is -1.51. The summed E-state index contributed by atoms with van der Waals surface area (Å²) < 4.78 is 46.4. The molecular formula is C16H13F3N2O4. The summed E-state index contributed by atoms with van der Waals surface area (Å²) in [4.78, 5) is 26.7. The molecular weight excluding hydrogens is 341 g/mol. The lowest BCUT2D eigenvalue weighted by Gasteiger charge is -2.11. The van der Waals surface area contributed by atoms with Gasteiger partial charge in [-0.05, 0) is 36.4 Å². The highest BCUT2D eigenvalue weighted by Gasteiger charge is 2.29. The first kappa shape index (κ1) is 18.2. The quantitative estimate of drug-likeness (QED) is 0.659. The number of alkyl halides is 3. The molecule has 1 aromatic carbocycles. The molecule has 132 valence electrons. The van der Waals surface area contributed by atoms with Crippen LogP contribution >= 0.6 is 0 Å². The number of carbonyl (C=O) groups excluding carboxylic acids is 2. The van der Waals surface area contributed by atoms with Crippen LogP contribution in [-0.4, -0.2) is 29.6 Å². The van der Waals surface area contributed by atoms with Crippen molar-refractivity contribution < 1.29 is 32.2 Å². The third kappa shape index (κ3) is 5.79. The van der Waals surface area contributed by atoms with E-state index < -0.39 is 24.6 Å². The first-order chi connectivity index (χ1) is 11.7. The minimum absolute atomic E-state index is 0.143. The number of ether oxygens (including phenoxy) is 2. The summed E-state index contributed by atoms with van der Waals surface area (Å²) in [5, 5.41) is 2.54. The van der Waals surface area contributed by atoms with Gasteiger partial charge in [-0.3, -0.25) is 4.79 Å². The largest absolute Gasteiger partial charge is 0.467 e. The fourth-order valence-corrected chi connectivity index (χ4v) is 1.78. The maximum Gasteiger partial charge on any atom is 0.422 e. The van der Waals surface area contributed by atoms with Crippen LogP contribution in [0.4, 0.5) is 18.9 Å². The zero-order chi connectivity index (χ0) is 18.4. The van der Waals surface area contributed by atoms with Crippen molar-refractivity contribution in [2.75, 3.05) is 11.9 Å². The third-order valence-electron chi connectivity index (χ3n) is 2.75. The molecule has 0 fully saturated rings. The van der Waals surface area contributed by atoms with Crippen LogP contribution in [-0.2, 0) is 4.79 Å². The van der Waals surface area contributed by atoms with Crippen molar-refractivity contribution in [2.24, 2.45) is 0 Å². The number of rotatable bonds is 5. The highest BCUT2D eigenvalue weighted by atomic mass is 19.4. The Bertz CT molecular complexity index is 761. The van der Waals surface area contributed by atoms with Gasteiger partial charge in [0.2, 0.25) is 11.8 Å². The number of benzene rings is 1. The lowest BCUT2D eigenvalue weighted by atomic mass is 10.2. The molecule has 2 rings (SSSR count). The Morgan fingerprint density at radius 1 is 1.16 bits per heavy atom. The number of aromatic nitrogens is 1. The molecule has 0 atom stereocenters. The SMILES string of the molecule is CC(=O)Nc1ccc(OC(=O)c2cccnc2OCC(F)(F)F)cc1. The Kier molecular flexibility index (Phi) is 5.58. The van der Waals surface area contributed by atoms with Crippen molar-refractivity contribution >= 4 is 17.6 Å². The van der Waals surface area contributed by atoms with Crippen LogP contribution in [0, 0.1) is 0 Å². The molecule has 1 heterocycles. The van der Waals surface area contributed by atoms with Crippen molar-refractivity contribution in [1.82, 2.24) is 4.98 Å². The molecule has 0 aliphatic heterocycles. The number of anilines is 1. The second-order valence-electron chi connectivity index (χ2n) is 4.86. The van der Waals surface area contributed by atoms with Crippen molar-refractivity contribution in [1.29, 1.82) is 0 Å². The van der Waals surface area contributed by atoms with Gasteiger partial charge in [-0.2, -0.15) is 13.2 Å². The van der Waals surface area contributed by atoms with Gasteiger partial charge in [-0.15, -0.1) is 0 Å². The molecule has 9 heteroatoms. The minimum atomic E-state index is -4.56. The van der Waals surface area contributed by atoms with Crippen molar-refractivity contribution in [2.45, 2.75) is 13.1 Å². The molecule has 0 unspecified atom stereocenters. The average Bonchev–Trinajstić information content (AvgIpc) is 2.54. The smallest absolute Gasteiger partial charge is 0.422 e. The van der Waals surface area contributed by atoms with E-state index in [1.807, 2.05) is 0 Å². The fraction of sp³-hybridized carbons (Fsp3) is 0.188. The van der Waals surface area contributed by atoms with Crippen molar-refractivity contribution in [3.8, 4) is 11.6 Å². The number of pyridine rings is 1. The molecule has 1 N–H and O–H groups in total. The van der Waals surface area contributed by atoms with Gasteiger partial charge < -0.3 is 14.8 Å². The van der Waals surface area contributed by atoms with Crippen LogP contribution in [0.3, 0.4) is 0 Å². The Labute approximate surface area is 140 Å².